The molecule has 0 saturated heterocycles. The molecular weight excluding hydrogens is 393 g/mol. The molecular formula is C15H21N3Rb2. The molecule has 0 aromatic carbocycles. The van der Waals surface area contributed by atoms with Gasteiger partial charge in [-0.15, -0.1) is 0 Å². The summed E-state index contributed by atoms with van der Waals surface area (Å²) in [6.07, 6.45) is 3.31. The molecule has 2 heterocycles. The Morgan fingerprint density at radius 3 is 1.95 bits per heavy atom. The minimum absolute atomic E-state index is 0. The molecule has 0 N–H and O–H groups in total. The van der Waals surface area contributed by atoms with Crippen molar-refractivity contribution in [1.82, 2.24) is 15.2 Å². The van der Waals surface area contributed by atoms with Crippen LogP contribution in [0.25, 0.3) is 0 Å². The molecule has 0 spiro atoms. The zero-order chi connectivity index (χ0) is 13.8. The van der Waals surface area contributed by atoms with Crippen LogP contribution in [0.15, 0.2) is 30.6 Å². The first-order valence-corrected chi connectivity index (χ1v) is 6.17. The monoisotopic (exact) mass is 413 g/mol. The molecule has 0 unspecified atom stereocenters. The second-order valence-electron chi connectivity index (χ2n) is 3.63. The van der Waals surface area contributed by atoms with Crippen molar-refractivity contribution in [3.05, 3.63) is 54.1 Å². The molecule has 0 aliphatic rings. The average molecular weight is 414 g/mol. The van der Waals surface area contributed by atoms with Crippen LogP contribution in [-0.2, 0) is 0 Å². The summed E-state index contributed by atoms with van der Waals surface area (Å²) in [6, 6.07) is 11.3. The van der Waals surface area contributed by atoms with Gasteiger partial charge in [0.25, 0.3) is 0 Å². The molecule has 2 aromatic heterocycles. The van der Waals surface area contributed by atoms with E-state index in [0.717, 1.165) is 11.4 Å². The first kappa shape index (κ1) is 26.7. The van der Waals surface area contributed by atoms with Crippen molar-refractivity contribution in [2.75, 3.05) is 0 Å². The Hall–Kier alpha value is 1.84. The van der Waals surface area contributed by atoms with Gasteiger partial charge in [0, 0.05) is 0 Å². The minimum Gasteiger partial charge on any atom is -0.387 e. The Morgan fingerprint density at radius 2 is 1.70 bits per heavy atom. The van der Waals surface area contributed by atoms with Crippen molar-refractivity contribution in [2.45, 2.75) is 40.5 Å². The minimum atomic E-state index is 0. The Labute approximate surface area is 221 Å². The summed E-state index contributed by atoms with van der Waals surface area (Å²) in [5.41, 5.74) is 2.01. The fourth-order valence-electron chi connectivity index (χ4n) is 0.993. The van der Waals surface area contributed by atoms with Crippen molar-refractivity contribution in [2.24, 2.45) is 0 Å². The van der Waals surface area contributed by atoms with E-state index < -0.39 is 0 Å². The maximum atomic E-state index is 4.15. The Kier molecular flexibility index (Phi) is 25.2. The molecule has 0 aliphatic carbocycles. The maximum absolute atomic E-state index is 4.15. The first-order chi connectivity index (χ1) is 8.70. The average Bonchev–Trinajstić information content (AvgIpc) is 2.43. The van der Waals surface area contributed by atoms with Gasteiger partial charge in [0.15, 0.2) is 0 Å². The largest absolute Gasteiger partial charge is 1.00 e. The van der Waals surface area contributed by atoms with Crippen molar-refractivity contribution in [3.63, 3.8) is 0 Å². The Morgan fingerprint density at radius 1 is 1.05 bits per heavy atom. The van der Waals surface area contributed by atoms with Crippen LogP contribution in [-0.4, -0.2) is 15.2 Å². The molecule has 0 aliphatic heterocycles. The third-order valence-electron chi connectivity index (χ3n) is 1.86. The SMILES string of the molecule is CC.CC(C)c1c[c-]ccn1.Cc1c[c-]cnn1.[Rb+].[Rb+]. The molecule has 0 radical (unpaired) electrons. The summed E-state index contributed by atoms with van der Waals surface area (Å²) in [6.45, 7) is 10.1. The fourth-order valence-corrected chi connectivity index (χ4v) is 0.993. The van der Waals surface area contributed by atoms with E-state index in [1.54, 1.807) is 12.3 Å². The van der Waals surface area contributed by atoms with Crippen LogP contribution >= 0.6 is 0 Å². The predicted molar refractivity (Wildman–Crippen MR) is 74.1 cm³/mol. The second kappa shape index (κ2) is 18.9. The Bertz CT molecular complexity index is 394. The number of aromatic nitrogens is 3. The first-order valence-electron chi connectivity index (χ1n) is 6.17. The molecule has 0 amide bonds. The van der Waals surface area contributed by atoms with E-state index >= 15 is 0 Å². The molecule has 98 valence electrons. The van der Waals surface area contributed by atoms with Gasteiger partial charge in [-0.25, -0.2) is 12.1 Å². The second-order valence-corrected chi connectivity index (χ2v) is 3.63. The van der Waals surface area contributed by atoms with Crippen LogP contribution in [0.4, 0.5) is 0 Å². The van der Waals surface area contributed by atoms with Gasteiger partial charge in [0.05, 0.1) is 0 Å². The maximum Gasteiger partial charge on any atom is 1.00 e. The topological polar surface area (TPSA) is 38.7 Å². The van der Waals surface area contributed by atoms with Gasteiger partial charge < -0.3 is 4.98 Å². The summed E-state index contributed by atoms with van der Waals surface area (Å²) >= 11 is 0. The number of rotatable bonds is 1. The van der Waals surface area contributed by atoms with Crippen molar-refractivity contribution >= 4 is 0 Å². The van der Waals surface area contributed by atoms with Crippen molar-refractivity contribution in [3.8, 4) is 0 Å². The zero-order valence-corrected chi connectivity index (χ0v) is 23.6. The fraction of sp³-hybridized carbons (Fsp3) is 0.400. The van der Waals surface area contributed by atoms with Crippen LogP contribution in [0.1, 0.15) is 45.0 Å². The molecule has 3 nitrogen and oxygen atoms in total. The summed E-state index contributed by atoms with van der Waals surface area (Å²) < 4.78 is 0. The zero-order valence-electron chi connectivity index (χ0n) is 13.8. The van der Waals surface area contributed by atoms with Crippen LogP contribution in [0.3, 0.4) is 0 Å². The number of hydrogen-bond donors (Lipinski definition) is 0. The van der Waals surface area contributed by atoms with Gasteiger partial charge >= 0.3 is 116 Å². The van der Waals surface area contributed by atoms with Crippen LogP contribution in [0.5, 0.6) is 0 Å². The van der Waals surface area contributed by atoms with Gasteiger partial charge in [0.2, 0.25) is 0 Å². The number of pyridine rings is 1. The van der Waals surface area contributed by atoms with Crippen LogP contribution < -0.4 is 116 Å². The smallest absolute Gasteiger partial charge is 0.387 e. The van der Waals surface area contributed by atoms with Gasteiger partial charge in [-0.3, -0.25) is 5.10 Å². The van der Waals surface area contributed by atoms with E-state index in [1.807, 2.05) is 32.9 Å². The molecule has 0 bridgehead atoms. The summed E-state index contributed by atoms with van der Waals surface area (Å²) in [4.78, 5) is 4.15. The van der Waals surface area contributed by atoms with E-state index in [9.17, 15) is 0 Å². The number of hydrogen-bond acceptors (Lipinski definition) is 3. The van der Waals surface area contributed by atoms with Gasteiger partial charge in [-0.2, -0.15) is 23.3 Å². The van der Waals surface area contributed by atoms with Crippen LogP contribution in [0, 0.1) is 19.1 Å². The molecule has 0 fully saturated rings. The summed E-state index contributed by atoms with van der Waals surface area (Å²) in [5.74, 6) is 0.516. The van der Waals surface area contributed by atoms with Crippen molar-refractivity contribution < 1.29 is 116 Å². The van der Waals surface area contributed by atoms with Gasteiger partial charge in [-0.1, -0.05) is 58.1 Å². The van der Waals surface area contributed by atoms with Crippen LogP contribution in [0.2, 0.25) is 0 Å². The summed E-state index contributed by atoms with van der Waals surface area (Å²) in [5, 5.41) is 7.28. The summed E-state index contributed by atoms with van der Waals surface area (Å²) in [7, 11) is 0. The predicted octanol–water partition coefficient (Wildman–Crippen LogP) is -2.38. The van der Waals surface area contributed by atoms with E-state index in [-0.39, 0.29) is 116 Å². The standard InChI is InChI=1S/C8H10N.C5H5N2.C2H6.2Rb/c1-7(2)8-5-3-4-6-9-8;1-5-3-2-4-6-7-5;1-2;;/h4-7H,1-2H3;3-4H,1H3;1-2H3;;/q2*-1;;2*+1. The van der Waals surface area contributed by atoms with E-state index in [1.165, 1.54) is 6.20 Å². The van der Waals surface area contributed by atoms with Crippen molar-refractivity contribution in [1.29, 1.82) is 0 Å². The van der Waals surface area contributed by atoms with E-state index in [4.69, 9.17) is 0 Å². The molecule has 0 saturated carbocycles. The molecule has 2 rings (SSSR count). The third-order valence-corrected chi connectivity index (χ3v) is 1.86. The van der Waals surface area contributed by atoms with E-state index in [0.29, 0.717) is 5.92 Å². The third kappa shape index (κ3) is 14.8. The quantitative estimate of drug-likeness (QED) is 0.490. The van der Waals surface area contributed by atoms with Gasteiger partial charge in [0.1, 0.15) is 0 Å². The molecule has 20 heavy (non-hydrogen) atoms. The normalized spacial score (nSPS) is 7.90. The molecule has 2 aromatic rings. The number of aryl methyl sites for hydroxylation is 1. The van der Waals surface area contributed by atoms with Gasteiger partial charge in [-0.05, 0) is 6.20 Å². The molecule has 5 heteroatoms. The Balaban J connectivity index is -0.000000240. The molecule has 0 atom stereocenters. The number of nitrogens with zero attached hydrogens (tertiary/aromatic N) is 3. The van der Waals surface area contributed by atoms with E-state index in [2.05, 4.69) is 41.2 Å².